The predicted molar refractivity (Wildman–Crippen MR) is 107 cm³/mol. The lowest BCUT2D eigenvalue weighted by molar-refractivity contribution is -0.139. The van der Waals surface area contributed by atoms with Crippen molar-refractivity contribution in [2.75, 3.05) is 0 Å². The number of allylic oxidation sites excluding steroid dienone is 4. The fraction of sp³-hybridized carbons (Fsp3) is 0.773. The zero-order chi connectivity index (χ0) is 18.6. The Balaban J connectivity index is 3.27. The number of carbonyl (C=O) groups is 1. The number of unbranched alkanes of at least 4 members (excludes halogenated alkanes) is 10. The summed E-state index contributed by atoms with van der Waals surface area (Å²) in [6.45, 7) is 2.26. The van der Waals surface area contributed by atoms with Gasteiger partial charge in [0.25, 0.3) is 0 Å². The topological polar surface area (TPSA) is 57.5 Å². The molecule has 0 fully saturated rings. The maximum atomic E-state index is 10.4. The standard InChI is InChI=1S/C22H40O3/c1-2-3-4-5-6-7-8-9-10-11-12-13-14-15-16-17-18-19-21(23)20-22(24)25/h9-10,13-14,21,23H,2-8,11-12,15-20H2,1H3,(H,24,25). The third kappa shape index (κ3) is 20.9. The molecule has 146 valence electrons. The summed E-state index contributed by atoms with van der Waals surface area (Å²) in [7, 11) is 0. The van der Waals surface area contributed by atoms with Crippen LogP contribution in [0.15, 0.2) is 24.3 Å². The lowest BCUT2D eigenvalue weighted by Gasteiger charge is -2.06. The molecule has 0 rings (SSSR count). The highest BCUT2D eigenvalue weighted by Gasteiger charge is 2.08. The molecule has 0 amide bonds. The fourth-order valence-corrected chi connectivity index (χ4v) is 2.83. The van der Waals surface area contributed by atoms with Crippen LogP contribution in [0.5, 0.6) is 0 Å². The van der Waals surface area contributed by atoms with Crippen LogP contribution in [0.3, 0.4) is 0 Å². The minimum absolute atomic E-state index is 0.133. The monoisotopic (exact) mass is 352 g/mol. The van der Waals surface area contributed by atoms with Gasteiger partial charge in [0.2, 0.25) is 0 Å². The van der Waals surface area contributed by atoms with Crippen molar-refractivity contribution < 1.29 is 15.0 Å². The molecule has 3 heteroatoms. The molecule has 3 nitrogen and oxygen atoms in total. The Hall–Kier alpha value is -1.09. The van der Waals surface area contributed by atoms with E-state index in [2.05, 4.69) is 31.2 Å². The molecule has 0 aromatic rings. The zero-order valence-corrected chi connectivity index (χ0v) is 16.3. The van der Waals surface area contributed by atoms with Gasteiger partial charge in [-0.25, -0.2) is 0 Å². The van der Waals surface area contributed by atoms with Gasteiger partial charge in [0, 0.05) is 0 Å². The molecule has 0 radical (unpaired) electrons. The number of hydrogen-bond donors (Lipinski definition) is 2. The second-order valence-corrected chi connectivity index (χ2v) is 6.97. The molecule has 2 N–H and O–H groups in total. The van der Waals surface area contributed by atoms with Gasteiger partial charge in [-0.3, -0.25) is 4.79 Å². The van der Waals surface area contributed by atoms with Gasteiger partial charge < -0.3 is 10.2 Å². The molecule has 0 saturated heterocycles. The van der Waals surface area contributed by atoms with E-state index in [1.165, 1.54) is 44.9 Å². The minimum Gasteiger partial charge on any atom is -0.481 e. The van der Waals surface area contributed by atoms with E-state index < -0.39 is 12.1 Å². The first-order chi connectivity index (χ1) is 12.2. The van der Waals surface area contributed by atoms with Crippen molar-refractivity contribution in [3.63, 3.8) is 0 Å². The molecule has 0 aliphatic carbocycles. The molecule has 0 aliphatic heterocycles. The SMILES string of the molecule is CCCCCCCCC=CCCC=CCCCCCC(O)CC(=O)O. The second-order valence-electron chi connectivity index (χ2n) is 6.97. The Morgan fingerprint density at radius 2 is 1.24 bits per heavy atom. The Bertz CT molecular complexity index is 347. The van der Waals surface area contributed by atoms with Gasteiger partial charge in [-0.15, -0.1) is 0 Å². The van der Waals surface area contributed by atoms with Crippen LogP contribution in [0.4, 0.5) is 0 Å². The van der Waals surface area contributed by atoms with E-state index in [-0.39, 0.29) is 6.42 Å². The van der Waals surface area contributed by atoms with Crippen molar-refractivity contribution in [3.05, 3.63) is 24.3 Å². The summed E-state index contributed by atoms with van der Waals surface area (Å²) in [6, 6.07) is 0. The zero-order valence-electron chi connectivity index (χ0n) is 16.3. The van der Waals surface area contributed by atoms with Crippen LogP contribution in [-0.2, 0) is 4.79 Å². The first kappa shape index (κ1) is 23.9. The number of rotatable bonds is 18. The summed E-state index contributed by atoms with van der Waals surface area (Å²) in [4.78, 5) is 10.4. The van der Waals surface area contributed by atoms with Crippen molar-refractivity contribution in [1.82, 2.24) is 0 Å². The van der Waals surface area contributed by atoms with Crippen molar-refractivity contribution in [2.45, 2.75) is 109 Å². The summed E-state index contributed by atoms with van der Waals surface area (Å²) >= 11 is 0. The summed E-state index contributed by atoms with van der Waals surface area (Å²) in [5.74, 6) is -0.920. The number of carboxylic acid groups (broad SMARTS) is 1. The maximum absolute atomic E-state index is 10.4. The average Bonchev–Trinajstić information content (AvgIpc) is 2.57. The molecule has 0 aromatic carbocycles. The highest BCUT2D eigenvalue weighted by Crippen LogP contribution is 2.09. The smallest absolute Gasteiger partial charge is 0.305 e. The van der Waals surface area contributed by atoms with Crippen molar-refractivity contribution in [3.8, 4) is 0 Å². The number of aliphatic hydroxyl groups is 1. The van der Waals surface area contributed by atoms with Crippen LogP contribution < -0.4 is 0 Å². The molecule has 0 heterocycles. The molecule has 0 aromatic heterocycles. The Morgan fingerprint density at radius 1 is 0.760 bits per heavy atom. The van der Waals surface area contributed by atoms with Gasteiger partial charge in [0.15, 0.2) is 0 Å². The minimum atomic E-state index is -0.920. The van der Waals surface area contributed by atoms with Gasteiger partial charge >= 0.3 is 5.97 Å². The van der Waals surface area contributed by atoms with Crippen LogP contribution >= 0.6 is 0 Å². The molecule has 0 saturated carbocycles. The largest absolute Gasteiger partial charge is 0.481 e. The first-order valence-corrected chi connectivity index (χ1v) is 10.4. The van der Waals surface area contributed by atoms with Crippen LogP contribution in [-0.4, -0.2) is 22.3 Å². The number of hydrogen-bond acceptors (Lipinski definition) is 2. The van der Waals surface area contributed by atoms with Crippen LogP contribution in [0.1, 0.15) is 103 Å². The van der Waals surface area contributed by atoms with Crippen LogP contribution in [0.2, 0.25) is 0 Å². The predicted octanol–water partition coefficient (Wildman–Crippen LogP) is 6.42. The molecule has 1 atom stereocenters. The maximum Gasteiger partial charge on any atom is 0.305 e. The Morgan fingerprint density at radius 3 is 1.80 bits per heavy atom. The molecule has 1 unspecified atom stereocenters. The molecule has 0 spiro atoms. The van der Waals surface area contributed by atoms with E-state index in [1.807, 2.05) is 0 Å². The van der Waals surface area contributed by atoms with Crippen LogP contribution in [0, 0.1) is 0 Å². The highest BCUT2D eigenvalue weighted by molar-refractivity contribution is 5.67. The van der Waals surface area contributed by atoms with E-state index in [0.29, 0.717) is 6.42 Å². The van der Waals surface area contributed by atoms with E-state index in [1.54, 1.807) is 0 Å². The highest BCUT2D eigenvalue weighted by atomic mass is 16.4. The van der Waals surface area contributed by atoms with Gasteiger partial charge in [0.1, 0.15) is 0 Å². The Labute approximate surface area is 155 Å². The van der Waals surface area contributed by atoms with E-state index in [9.17, 15) is 9.90 Å². The quantitative estimate of drug-likeness (QED) is 0.221. The molecule has 0 bridgehead atoms. The van der Waals surface area contributed by atoms with Crippen molar-refractivity contribution >= 4 is 5.97 Å². The van der Waals surface area contributed by atoms with E-state index in [4.69, 9.17) is 5.11 Å². The molecular formula is C22H40O3. The number of carboxylic acids is 1. The van der Waals surface area contributed by atoms with Gasteiger partial charge in [-0.05, 0) is 44.9 Å². The Kier molecular flexibility index (Phi) is 18.4. The molecular weight excluding hydrogens is 312 g/mol. The third-order valence-corrected chi connectivity index (χ3v) is 4.38. The van der Waals surface area contributed by atoms with E-state index in [0.717, 1.165) is 38.5 Å². The summed E-state index contributed by atoms with van der Waals surface area (Å²) in [5.41, 5.74) is 0. The summed E-state index contributed by atoms with van der Waals surface area (Å²) < 4.78 is 0. The van der Waals surface area contributed by atoms with Gasteiger partial charge in [-0.1, -0.05) is 76.2 Å². The van der Waals surface area contributed by atoms with Gasteiger partial charge in [0.05, 0.1) is 12.5 Å². The second kappa shape index (κ2) is 19.2. The first-order valence-electron chi connectivity index (χ1n) is 10.4. The van der Waals surface area contributed by atoms with Crippen molar-refractivity contribution in [2.24, 2.45) is 0 Å². The molecule has 25 heavy (non-hydrogen) atoms. The number of aliphatic hydroxyl groups excluding tert-OH is 1. The van der Waals surface area contributed by atoms with Gasteiger partial charge in [-0.2, -0.15) is 0 Å². The van der Waals surface area contributed by atoms with Crippen molar-refractivity contribution in [1.29, 1.82) is 0 Å². The lowest BCUT2D eigenvalue weighted by Crippen LogP contribution is -2.12. The number of aliphatic carboxylic acids is 1. The van der Waals surface area contributed by atoms with Crippen LogP contribution in [0.25, 0.3) is 0 Å². The van der Waals surface area contributed by atoms with E-state index >= 15 is 0 Å². The lowest BCUT2D eigenvalue weighted by atomic mass is 10.1. The third-order valence-electron chi connectivity index (χ3n) is 4.38. The molecule has 0 aliphatic rings. The average molecular weight is 353 g/mol. The normalized spacial score (nSPS) is 13.0. The summed E-state index contributed by atoms with van der Waals surface area (Å²) in [5, 5.41) is 18.0. The fourth-order valence-electron chi connectivity index (χ4n) is 2.83. The summed E-state index contributed by atoms with van der Waals surface area (Å²) in [6.07, 6.45) is 24.7.